The van der Waals surface area contributed by atoms with Crippen LogP contribution in [0.3, 0.4) is 0 Å². The Morgan fingerprint density at radius 2 is 2.18 bits per heavy atom. The number of halogens is 1. The molecule has 0 atom stereocenters. The van der Waals surface area contributed by atoms with Gasteiger partial charge in [-0.25, -0.2) is 0 Å². The molecule has 146 valence electrons. The third-order valence-corrected chi connectivity index (χ3v) is 5.94. The Labute approximate surface area is 167 Å². The summed E-state index contributed by atoms with van der Waals surface area (Å²) in [6.45, 7) is 2.78. The van der Waals surface area contributed by atoms with E-state index >= 15 is 0 Å². The molecule has 28 heavy (non-hydrogen) atoms. The van der Waals surface area contributed by atoms with Crippen molar-refractivity contribution in [3.05, 3.63) is 46.4 Å². The molecule has 0 unspecified atom stereocenters. The lowest BCUT2D eigenvalue weighted by molar-refractivity contribution is -0.125. The minimum absolute atomic E-state index is 0.117. The number of fused-ring (bicyclic) bond motifs is 1. The maximum absolute atomic E-state index is 12.1. The second-order valence-corrected chi connectivity index (χ2v) is 8.60. The molecule has 2 fully saturated rings. The molecule has 2 aromatic heterocycles. The number of aromatic nitrogens is 2. The quantitative estimate of drug-likeness (QED) is 0.604. The standard InChI is InChI=1S/C21H22ClN3O3/c1-21(4-5-21)20(26)23-10-14-6-13-7-16(22)19(9-17(13)24-14)27-11-15-8-18(28-25-15)12-2-3-12/h6-9,12,24H,2-5,10-11H2,1H3,(H,23,26). The number of nitrogens with one attached hydrogen (secondary N) is 2. The molecule has 1 amide bonds. The smallest absolute Gasteiger partial charge is 0.226 e. The molecular formula is C21H22ClN3O3. The summed E-state index contributed by atoms with van der Waals surface area (Å²) >= 11 is 6.39. The zero-order valence-electron chi connectivity index (χ0n) is 15.7. The molecule has 7 heteroatoms. The zero-order valence-corrected chi connectivity index (χ0v) is 16.4. The molecule has 0 radical (unpaired) electrons. The molecule has 5 rings (SSSR count). The van der Waals surface area contributed by atoms with E-state index in [9.17, 15) is 4.79 Å². The fourth-order valence-electron chi connectivity index (χ4n) is 3.31. The predicted molar refractivity (Wildman–Crippen MR) is 105 cm³/mol. The topological polar surface area (TPSA) is 80.2 Å². The van der Waals surface area contributed by atoms with Gasteiger partial charge in [-0.3, -0.25) is 4.79 Å². The summed E-state index contributed by atoms with van der Waals surface area (Å²) in [6, 6.07) is 7.71. The van der Waals surface area contributed by atoms with E-state index in [1.165, 1.54) is 12.8 Å². The monoisotopic (exact) mass is 399 g/mol. The molecule has 2 heterocycles. The van der Waals surface area contributed by atoms with Crippen molar-refractivity contribution in [1.82, 2.24) is 15.5 Å². The Kier molecular flexibility index (Phi) is 4.12. The van der Waals surface area contributed by atoms with E-state index in [2.05, 4.69) is 15.5 Å². The molecular weight excluding hydrogens is 378 g/mol. The van der Waals surface area contributed by atoms with E-state index in [0.29, 0.717) is 29.8 Å². The van der Waals surface area contributed by atoms with Gasteiger partial charge in [-0.15, -0.1) is 0 Å². The molecule has 0 saturated heterocycles. The van der Waals surface area contributed by atoms with E-state index in [1.54, 1.807) is 0 Å². The average Bonchev–Trinajstić information content (AvgIpc) is 3.58. The van der Waals surface area contributed by atoms with Crippen molar-refractivity contribution in [3.8, 4) is 5.75 Å². The summed E-state index contributed by atoms with van der Waals surface area (Å²) < 4.78 is 11.2. The van der Waals surface area contributed by atoms with E-state index in [-0.39, 0.29) is 11.3 Å². The molecule has 0 spiro atoms. The van der Waals surface area contributed by atoms with Crippen LogP contribution in [0.1, 0.15) is 55.7 Å². The van der Waals surface area contributed by atoms with Crippen molar-refractivity contribution in [1.29, 1.82) is 0 Å². The highest BCUT2D eigenvalue weighted by atomic mass is 35.5. The molecule has 2 saturated carbocycles. The van der Waals surface area contributed by atoms with Gasteiger partial charge in [0.25, 0.3) is 0 Å². The second kappa shape index (κ2) is 6.55. The second-order valence-electron chi connectivity index (χ2n) is 8.19. The van der Waals surface area contributed by atoms with Gasteiger partial charge in [0.1, 0.15) is 23.8 Å². The minimum Gasteiger partial charge on any atom is -0.486 e. The number of carbonyl (C=O) groups is 1. The van der Waals surface area contributed by atoms with Crippen LogP contribution in [-0.4, -0.2) is 16.0 Å². The predicted octanol–water partition coefficient (Wildman–Crippen LogP) is 4.68. The first-order valence-electron chi connectivity index (χ1n) is 9.68. The Morgan fingerprint density at radius 1 is 1.36 bits per heavy atom. The van der Waals surface area contributed by atoms with Gasteiger partial charge in [0.2, 0.25) is 5.91 Å². The van der Waals surface area contributed by atoms with Gasteiger partial charge >= 0.3 is 0 Å². The highest BCUT2D eigenvalue weighted by Crippen LogP contribution is 2.45. The normalized spacial score (nSPS) is 17.6. The number of benzene rings is 1. The largest absolute Gasteiger partial charge is 0.486 e. The highest BCUT2D eigenvalue weighted by Gasteiger charge is 2.44. The van der Waals surface area contributed by atoms with Crippen molar-refractivity contribution in [3.63, 3.8) is 0 Å². The van der Waals surface area contributed by atoms with Crippen LogP contribution in [0.2, 0.25) is 5.02 Å². The Balaban J connectivity index is 1.26. The van der Waals surface area contributed by atoms with Gasteiger partial charge in [0.05, 0.1) is 11.6 Å². The summed E-state index contributed by atoms with van der Waals surface area (Å²) in [6.07, 6.45) is 4.28. The molecule has 2 aliphatic carbocycles. The molecule has 6 nitrogen and oxygen atoms in total. The van der Waals surface area contributed by atoms with Crippen molar-refractivity contribution in [2.45, 2.75) is 51.7 Å². The van der Waals surface area contributed by atoms with Crippen LogP contribution in [-0.2, 0) is 17.9 Å². The third kappa shape index (κ3) is 3.49. The van der Waals surface area contributed by atoms with E-state index in [1.807, 2.05) is 31.2 Å². The van der Waals surface area contributed by atoms with Crippen LogP contribution in [0.15, 0.2) is 28.8 Å². The molecule has 0 bridgehead atoms. The lowest BCUT2D eigenvalue weighted by Crippen LogP contribution is -2.29. The van der Waals surface area contributed by atoms with Crippen LogP contribution >= 0.6 is 11.6 Å². The van der Waals surface area contributed by atoms with Crippen molar-refractivity contribution in [2.24, 2.45) is 5.41 Å². The minimum atomic E-state index is -0.170. The summed E-state index contributed by atoms with van der Waals surface area (Å²) in [5, 5.41) is 8.59. The Morgan fingerprint density at radius 3 is 2.93 bits per heavy atom. The van der Waals surface area contributed by atoms with Gasteiger partial charge in [-0.2, -0.15) is 0 Å². The first-order valence-corrected chi connectivity index (χ1v) is 10.1. The van der Waals surface area contributed by atoms with Crippen LogP contribution in [0, 0.1) is 5.41 Å². The summed E-state index contributed by atoms with van der Waals surface area (Å²) in [5.74, 6) is 2.18. The number of hydrogen-bond acceptors (Lipinski definition) is 4. The summed E-state index contributed by atoms with van der Waals surface area (Å²) in [4.78, 5) is 15.4. The van der Waals surface area contributed by atoms with Crippen LogP contribution in [0.25, 0.3) is 10.9 Å². The van der Waals surface area contributed by atoms with Crippen LogP contribution in [0.5, 0.6) is 5.75 Å². The van der Waals surface area contributed by atoms with Gasteiger partial charge in [0.15, 0.2) is 0 Å². The number of hydrogen-bond donors (Lipinski definition) is 2. The number of rotatable bonds is 7. The first-order chi connectivity index (χ1) is 13.5. The van der Waals surface area contributed by atoms with Crippen molar-refractivity contribution >= 4 is 28.4 Å². The van der Waals surface area contributed by atoms with Gasteiger partial charge in [0, 0.05) is 40.1 Å². The van der Waals surface area contributed by atoms with E-state index in [4.69, 9.17) is 20.9 Å². The van der Waals surface area contributed by atoms with Crippen LogP contribution in [0.4, 0.5) is 0 Å². The van der Waals surface area contributed by atoms with Gasteiger partial charge in [-0.1, -0.05) is 23.7 Å². The number of carbonyl (C=O) groups excluding carboxylic acids is 1. The molecule has 2 N–H and O–H groups in total. The van der Waals surface area contributed by atoms with Crippen molar-refractivity contribution < 1.29 is 14.1 Å². The fourth-order valence-corrected chi connectivity index (χ4v) is 3.54. The Hall–Kier alpha value is -2.47. The fraction of sp³-hybridized carbons (Fsp3) is 0.429. The van der Waals surface area contributed by atoms with Gasteiger partial charge in [-0.05, 0) is 37.8 Å². The molecule has 0 aliphatic heterocycles. The summed E-state index contributed by atoms with van der Waals surface area (Å²) in [5.41, 5.74) is 2.45. The molecule has 2 aliphatic rings. The zero-order chi connectivity index (χ0) is 19.3. The maximum atomic E-state index is 12.1. The lowest BCUT2D eigenvalue weighted by Gasteiger charge is -2.08. The van der Waals surface area contributed by atoms with Crippen LogP contribution < -0.4 is 10.1 Å². The third-order valence-electron chi connectivity index (χ3n) is 5.65. The number of ether oxygens (including phenoxy) is 1. The number of H-pyrrole nitrogens is 1. The van der Waals surface area contributed by atoms with Crippen molar-refractivity contribution in [2.75, 3.05) is 0 Å². The SMILES string of the molecule is CC1(C(=O)NCc2cc3cc(Cl)c(OCc4cc(C5CC5)on4)cc3[nH]2)CC1. The summed E-state index contributed by atoms with van der Waals surface area (Å²) in [7, 11) is 0. The molecule has 3 aromatic rings. The maximum Gasteiger partial charge on any atom is 0.226 e. The average molecular weight is 400 g/mol. The first kappa shape index (κ1) is 17.6. The Bertz CT molecular complexity index is 1050. The number of aromatic amines is 1. The number of amides is 1. The molecule has 1 aromatic carbocycles. The van der Waals surface area contributed by atoms with E-state index < -0.39 is 0 Å². The lowest BCUT2D eigenvalue weighted by atomic mass is 10.1. The highest BCUT2D eigenvalue weighted by molar-refractivity contribution is 6.32. The number of nitrogens with zero attached hydrogens (tertiary/aromatic N) is 1. The van der Waals surface area contributed by atoms with Gasteiger partial charge < -0.3 is 19.6 Å². The van der Waals surface area contributed by atoms with E-state index in [0.717, 1.165) is 40.9 Å².